The molecule has 0 bridgehead atoms. The Kier molecular flexibility index (Phi) is 7.61. The molecule has 1 saturated heterocycles. The molecule has 0 spiro atoms. The monoisotopic (exact) mass is 482 g/mol. The van der Waals surface area contributed by atoms with E-state index in [4.69, 9.17) is 4.74 Å². The van der Waals surface area contributed by atoms with Gasteiger partial charge in [0.25, 0.3) is 0 Å². The Labute approximate surface area is 183 Å². The molecule has 1 fully saturated rings. The SMILES string of the molecule is O=C(CNc1nc(NC2=CC(C(F)(F)F)=CCC2)nc(OCC(F)(F)F)n1)N1CCOCC1. The molecule has 33 heavy (non-hydrogen) atoms. The molecule has 182 valence electrons. The van der Waals surface area contributed by atoms with Gasteiger partial charge in [-0.05, 0) is 18.9 Å². The van der Waals surface area contributed by atoms with Crippen LogP contribution in [0.4, 0.5) is 38.2 Å². The molecule has 2 N–H and O–H groups in total. The first kappa shape index (κ1) is 24.5. The highest BCUT2D eigenvalue weighted by Crippen LogP contribution is 2.31. The summed E-state index contributed by atoms with van der Waals surface area (Å²) in [7, 11) is 0. The third-order valence-electron chi connectivity index (χ3n) is 4.45. The molecule has 1 aliphatic heterocycles. The first-order valence-electron chi connectivity index (χ1n) is 9.79. The average Bonchev–Trinajstić information content (AvgIpc) is 2.76. The summed E-state index contributed by atoms with van der Waals surface area (Å²) < 4.78 is 86.1. The lowest BCUT2D eigenvalue weighted by atomic mass is 10.0. The summed E-state index contributed by atoms with van der Waals surface area (Å²) in [4.78, 5) is 25.1. The quantitative estimate of drug-likeness (QED) is 0.573. The highest BCUT2D eigenvalue weighted by Gasteiger charge is 2.33. The molecular formula is C18H20F6N6O3. The van der Waals surface area contributed by atoms with Crippen molar-refractivity contribution in [2.75, 3.05) is 50.1 Å². The summed E-state index contributed by atoms with van der Waals surface area (Å²) in [5.41, 5.74) is -0.763. The van der Waals surface area contributed by atoms with E-state index < -0.39 is 30.5 Å². The number of anilines is 2. The average molecular weight is 482 g/mol. The number of halogens is 6. The van der Waals surface area contributed by atoms with Crippen LogP contribution >= 0.6 is 0 Å². The number of allylic oxidation sites excluding steroid dienone is 4. The highest BCUT2D eigenvalue weighted by molar-refractivity contribution is 5.80. The molecule has 1 aromatic rings. The molecule has 9 nitrogen and oxygen atoms in total. The lowest BCUT2D eigenvalue weighted by Gasteiger charge is -2.26. The molecule has 0 radical (unpaired) electrons. The zero-order valence-electron chi connectivity index (χ0n) is 17.1. The molecule has 15 heteroatoms. The number of amides is 1. The smallest absolute Gasteiger partial charge is 0.422 e. The van der Waals surface area contributed by atoms with Crippen LogP contribution in [0.2, 0.25) is 0 Å². The molecule has 1 aromatic heterocycles. The summed E-state index contributed by atoms with van der Waals surface area (Å²) in [6, 6.07) is -0.714. The second-order valence-electron chi connectivity index (χ2n) is 7.01. The molecule has 0 unspecified atom stereocenters. The number of hydrogen-bond donors (Lipinski definition) is 2. The largest absolute Gasteiger partial charge is 0.454 e. The van der Waals surface area contributed by atoms with Crippen LogP contribution in [0, 0.1) is 0 Å². The van der Waals surface area contributed by atoms with E-state index in [0.717, 1.165) is 12.2 Å². The first-order valence-corrected chi connectivity index (χ1v) is 9.79. The van der Waals surface area contributed by atoms with E-state index in [1.165, 1.54) is 4.90 Å². The van der Waals surface area contributed by atoms with Crippen molar-refractivity contribution in [3.05, 3.63) is 23.4 Å². The van der Waals surface area contributed by atoms with Crippen LogP contribution in [0.15, 0.2) is 23.4 Å². The Morgan fingerprint density at radius 3 is 2.45 bits per heavy atom. The fourth-order valence-corrected chi connectivity index (χ4v) is 2.92. The van der Waals surface area contributed by atoms with Crippen molar-refractivity contribution in [2.24, 2.45) is 0 Å². The van der Waals surface area contributed by atoms with Gasteiger partial charge in [-0.15, -0.1) is 0 Å². The van der Waals surface area contributed by atoms with Crippen LogP contribution in [0.1, 0.15) is 12.8 Å². The van der Waals surface area contributed by atoms with E-state index in [2.05, 4.69) is 30.3 Å². The Hall–Kier alpha value is -3.10. The van der Waals surface area contributed by atoms with Gasteiger partial charge in [0.1, 0.15) is 0 Å². The Morgan fingerprint density at radius 1 is 1.09 bits per heavy atom. The fourth-order valence-electron chi connectivity index (χ4n) is 2.92. The summed E-state index contributed by atoms with van der Waals surface area (Å²) in [6.45, 7) is -0.436. The van der Waals surface area contributed by atoms with Gasteiger partial charge in [-0.25, -0.2) is 0 Å². The maximum absolute atomic E-state index is 13.0. The van der Waals surface area contributed by atoms with Crippen LogP contribution in [0.5, 0.6) is 6.01 Å². The number of morpholine rings is 1. The number of aromatic nitrogens is 3. The number of carbonyl (C=O) groups excluding carboxylic acids is 1. The van der Waals surface area contributed by atoms with Gasteiger partial charge < -0.3 is 25.0 Å². The van der Waals surface area contributed by atoms with E-state index in [1.54, 1.807) is 0 Å². The number of rotatable bonds is 7. The molecule has 3 rings (SSSR count). The van der Waals surface area contributed by atoms with Crippen LogP contribution in [-0.4, -0.2) is 77.6 Å². The fraction of sp³-hybridized carbons (Fsp3) is 0.556. The predicted molar refractivity (Wildman–Crippen MR) is 102 cm³/mol. The molecule has 1 amide bonds. The van der Waals surface area contributed by atoms with Crippen LogP contribution in [0.3, 0.4) is 0 Å². The van der Waals surface area contributed by atoms with Gasteiger partial charge in [-0.1, -0.05) is 6.08 Å². The number of hydrogen-bond acceptors (Lipinski definition) is 8. The van der Waals surface area contributed by atoms with Crippen molar-refractivity contribution < 1.29 is 40.6 Å². The summed E-state index contributed by atoms with van der Waals surface area (Å²) >= 11 is 0. The standard InChI is InChI=1S/C18H20F6N6O3/c19-17(20,21)10-33-16-28-14(25-9-13(31)30-4-6-32-7-5-30)27-15(29-16)26-12-3-1-2-11(8-12)18(22,23)24/h2,8H,1,3-7,9-10H2,(H2,25,26,27,28,29). The molecule has 2 aliphatic rings. The minimum Gasteiger partial charge on any atom is -0.454 e. The molecule has 0 atom stereocenters. The summed E-state index contributed by atoms with van der Waals surface area (Å²) in [6.07, 6.45) is -7.05. The van der Waals surface area contributed by atoms with E-state index in [-0.39, 0.29) is 42.9 Å². The second kappa shape index (κ2) is 10.2. The Balaban J connectivity index is 1.75. The van der Waals surface area contributed by atoms with Gasteiger partial charge >= 0.3 is 18.4 Å². The van der Waals surface area contributed by atoms with Crippen molar-refractivity contribution in [3.8, 4) is 6.01 Å². The highest BCUT2D eigenvalue weighted by atomic mass is 19.4. The van der Waals surface area contributed by atoms with Crippen LogP contribution in [0.25, 0.3) is 0 Å². The van der Waals surface area contributed by atoms with Gasteiger partial charge in [0.05, 0.1) is 25.3 Å². The second-order valence-corrected chi connectivity index (χ2v) is 7.01. The van der Waals surface area contributed by atoms with Gasteiger partial charge in [-0.2, -0.15) is 41.3 Å². The third-order valence-corrected chi connectivity index (χ3v) is 4.45. The minimum absolute atomic E-state index is 0.0926. The number of carbonyl (C=O) groups is 1. The van der Waals surface area contributed by atoms with E-state index in [1.807, 2.05) is 0 Å². The maximum atomic E-state index is 13.0. The molecule has 1 aliphatic carbocycles. The van der Waals surface area contributed by atoms with Crippen LogP contribution in [-0.2, 0) is 9.53 Å². The maximum Gasteiger partial charge on any atom is 0.422 e. The molecule has 2 heterocycles. The zero-order valence-corrected chi connectivity index (χ0v) is 17.1. The van der Waals surface area contributed by atoms with Gasteiger partial charge in [0, 0.05) is 18.8 Å². The molecule has 0 saturated carbocycles. The molecular weight excluding hydrogens is 462 g/mol. The lowest BCUT2D eigenvalue weighted by Crippen LogP contribution is -2.43. The Morgan fingerprint density at radius 2 is 1.79 bits per heavy atom. The van der Waals surface area contributed by atoms with Gasteiger partial charge in [-0.3, -0.25) is 4.79 Å². The van der Waals surface area contributed by atoms with Crippen molar-refractivity contribution in [1.82, 2.24) is 19.9 Å². The van der Waals surface area contributed by atoms with Gasteiger partial charge in [0.15, 0.2) is 6.61 Å². The zero-order chi connectivity index (χ0) is 24.1. The van der Waals surface area contributed by atoms with Crippen molar-refractivity contribution in [1.29, 1.82) is 0 Å². The Bertz CT molecular complexity index is 912. The van der Waals surface area contributed by atoms with Crippen molar-refractivity contribution in [3.63, 3.8) is 0 Å². The normalized spacial score (nSPS) is 17.2. The van der Waals surface area contributed by atoms with E-state index in [0.29, 0.717) is 26.3 Å². The number of ether oxygens (including phenoxy) is 2. The van der Waals surface area contributed by atoms with Crippen LogP contribution < -0.4 is 15.4 Å². The lowest BCUT2D eigenvalue weighted by molar-refractivity contribution is -0.154. The number of nitrogens with one attached hydrogen (secondary N) is 2. The predicted octanol–water partition coefficient (Wildman–Crippen LogP) is 2.66. The van der Waals surface area contributed by atoms with Gasteiger partial charge in [0.2, 0.25) is 17.8 Å². The first-order chi connectivity index (χ1) is 15.5. The van der Waals surface area contributed by atoms with Crippen molar-refractivity contribution >= 4 is 17.8 Å². The third kappa shape index (κ3) is 7.76. The minimum atomic E-state index is -4.67. The van der Waals surface area contributed by atoms with E-state index in [9.17, 15) is 31.1 Å². The number of nitrogens with zero attached hydrogens (tertiary/aromatic N) is 4. The van der Waals surface area contributed by atoms with E-state index >= 15 is 0 Å². The summed E-state index contributed by atoms with van der Waals surface area (Å²) in [5, 5.41) is 5.14. The van der Waals surface area contributed by atoms with Crippen molar-refractivity contribution in [2.45, 2.75) is 25.2 Å². The summed E-state index contributed by atoms with van der Waals surface area (Å²) in [5.74, 6) is -0.937. The number of alkyl halides is 6. The topological polar surface area (TPSA) is 102 Å². The molecule has 0 aromatic carbocycles.